The van der Waals surface area contributed by atoms with Crippen molar-refractivity contribution in [1.29, 1.82) is 0 Å². The highest BCUT2D eigenvalue weighted by Crippen LogP contribution is 2.35. The molecule has 0 unspecified atom stereocenters. The minimum absolute atomic E-state index is 0.102. The van der Waals surface area contributed by atoms with Gasteiger partial charge in [-0.1, -0.05) is 18.2 Å². The molecule has 0 atom stereocenters. The largest absolute Gasteiger partial charge is 0.497 e. The molecule has 0 aliphatic heterocycles. The van der Waals surface area contributed by atoms with Crippen molar-refractivity contribution in [3.05, 3.63) is 58.1 Å². The van der Waals surface area contributed by atoms with Crippen LogP contribution in [0.4, 0.5) is 5.69 Å². The molecule has 0 fully saturated rings. The number of methoxy groups -OCH3 is 1. The first-order valence-corrected chi connectivity index (χ1v) is 6.38. The molecule has 6 heteroatoms. The molecule has 6 nitrogen and oxygen atoms in total. The van der Waals surface area contributed by atoms with E-state index in [0.717, 1.165) is 5.56 Å². The molecule has 1 N–H and O–H groups in total. The maximum atomic E-state index is 11.1. The highest BCUT2D eigenvalue weighted by molar-refractivity contribution is 5.53. The lowest BCUT2D eigenvalue weighted by Crippen LogP contribution is -2.06. The monoisotopic (exact) mass is 288 g/mol. The van der Waals surface area contributed by atoms with Crippen LogP contribution in [0.3, 0.4) is 0 Å². The van der Waals surface area contributed by atoms with Crippen molar-refractivity contribution in [2.24, 2.45) is 0 Å². The van der Waals surface area contributed by atoms with Crippen molar-refractivity contribution < 1.29 is 14.4 Å². The molecule has 0 aliphatic carbocycles. The fourth-order valence-electron chi connectivity index (χ4n) is 1.91. The number of nitro groups is 1. The van der Waals surface area contributed by atoms with Gasteiger partial charge in [0.05, 0.1) is 12.0 Å². The third-order valence-electron chi connectivity index (χ3n) is 2.92. The number of nitrogens with one attached hydrogen (secondary N) is 1. The summed E-state index contributed by atoms with van der Waals surface area (Å²) in [4.78, 5) is 10.6. The molecule has 110 valence electrons. The molecule has 0 heterocycles. The molecule has 0 spiro atoms. The van der Waals surface area contributed by atoms with E-state index in [4.69, 9.17) is 9.47 Å². The molecule has 0 amide bonds. The number of hydrogen-bond acceptors (Lipinski definition) is 5. The van der Waals surface area contributed by atoms with Crippen molar-refractivity contribution in [2.75, 3.05) is 14.2 Å². The SMILES string of the molecule is CNCc1ccccc1Oc1cc(OC)ccc1[N+](=O)[O-]. The number of para-hydroxylation sites is 1. The van der Waals surface area contributed by atoms with Crippen LogP contribution in [0.25, 0.3) is 0 Å². The molecule has 21 heavy (non-hydrogen) atoms. The van der Waals surface area contributed by atoms with Crippen molar-refractivity contribution in [1.82, 2.24) is 5.32 Å². The van der Waals surface area contributed by atoms with Gasteiger partial charge in [0, 0.05) is 24.2 Å². The Hall–Kier alpha value is -2.60. The van der Waals surface area contributed by atoms with E-state index in [1.165, 1.54) is 25.3 Å². The van der Waals surface area contributed by atoms with Crippen molar-refractivity contribution in [3.8, 4) is 17.2 Å². The van der Waals surface area contributed by atoms with E-state index < -0.39 is 4.92 Å². The van der Waals surface area contributed by atoms with E-state index in [1.54, 1.807) is 6.07 Å². The van der Waals surface area contributed by atoms with Gasteiger partial charge in [0.25, 0.3) is 0 Å². The number of rotatable bonds is 6. The Labute approximate surface area is 122 Å². The van der Waals surface area contributed by atoms with Crippen LogP contribution in [0.15, 0.2) is 42.5 Å². The molecule has 0 saturated carbocycles. The smallest absolute Gasteiger partial charge is 0.311 e. The van der Waals surface area contributed by atoms with Gasteiger partial charge in [-0.05, 0) is 19.2 Å². The van der Waals surface area contributed by atoms with Gasteiger partial charge in [-0.15, -0.1) is 0 Å². The van der Waals surface area contributed by atoms with E-state index in [0.29, 0.717) is 18.0 Å². The summed E-state index contributed by atoms with van der Waals surface area (Å²) >= 11 is 0. The summed E-state index contributed by atoms with van der Waals surface area (Å²) in [6, 6.07) is 11.8. The highest BCUT2D eigenvalue weighted by Gasteiger charge is 2.17. The van der Waals surface area contributed by atoms with Gasteiger partial charge in [-0.25, -0.2) is 0 Å². The lowest BCUT2D eigenvalue weighted by Gasteiger charge is -2.11. The fraction of sp³-hybridized carbons (Fsp3) is 0.200. The van der Waals surface area contributed by atoms with Gasteiger partial charge >= 0.3 is 5.69 Å². The second kappa shape index (κ2) is 6.71. The molecule has 0 aromatic heterocycles. The van der Waals surface area contributed by atoms with Crippen LogP contribution < -0.4 is 14.8 Å². The van der Waals surface area contributed by atoms with E-state index in [9.17, 15) is 10.1 Å². The Balaban J connectivity index is 2.40. The van der Waals surface area contributed by atoms with E-state index in [2.05, 4.69) is 5.32 Å². The standard InChI is InChI=1S/C15H16N2O4/c1-16-10-11-5-3-4-6-14(11)21-15-9-12(20-2)7-8-13(15)17(18)19/h3-9,16H,10H2,1-2H3. The quantitative estimate of drug-likeness (QED) is 0.653. The summed E-state index contributed by atoms with van der Waals surface area (Å²) < 4.78 is 10.8. The van der Waals surface area contributed by atoms with Gasteiger partial charge < -0.3 is 14.8 Å². The molecule has 0 bridgehead atoms. The maximum absolute atomic E-state index is 11.1. The first kappa shape index (κ1) is 14.8. The topological polar surface area (TPSA) is 73.6 Å². The van der Waals surface area contributed by atoms with Crippen LogP contribution >= 0.6 is 0 Å². The summed E-state index contributed by atoms with van der Waals surface area (Å²) in [6.07, 6.45) is 0. The predicted molar refractivity (Wildman–Crippen MR) is 78.9 cm³/mol. The van der Waals surface area contributed by atoms with Crippen molar-refractivity contribution >= 4 is 5.69 Å². The average molecular weight is 288 g/mol. The van der Waals surface area contributed by atoms with E-state index in [1.807, 2.05) is 25.2 Å². The molecule has 0 radical (unpaired) electrons. The third kappa shape index (κ3) is 3.49. The van der Waals surface area contributed by atoms with Crippen molar-refractivity contribution in [2.45, 2.75) is 6.54 Å². The minimum atomic E-state index is -0.477. The number of benzene rings is 2. The van der Waals surface area contributed by atoms with Crippen molar-refractivity contribution in [3.63, 3.8) is 0 Å². The summed E-state index contributed by atoms with van der Waals surface area (Å²) in [5.74, 6) is 1.23. The van der Waals surface area contributed by atoms with Gasteiger partial charge in [0.2, 0.25) is 5.75 Å². The normalized spacial score (nSPS) is 10.2. The zero-order valence-corrected chi connectivity index (χ0v) is 11.8. The lowest BCUT2D eigenvalue weighted by molar-refractivity contribution is -0.385. The average Bonchev–Trinajstić information content (AvgIpc) is 2.49. The molecule has 2 aromatic rings. The molecule has 2 rings (SSSR count). The number of ether oxygens (including phenoxy) is 2. The lowest BCUT2D eigenvalue weighted by atomic mass is 10.2. The van der Waals surface area contributed by atoms with Crippen LogP contribution in [0.5, 0.6) is 17.2 Å². The summed E-state index contributed by atoms with van der Waals surface area (Å²) in [5.41, 5.74) is 0.812. The number of nitro benzene ring substituents is 1. The Morgan fingerprint density at radius 3 is 2.62 bits per heavy atom. The number of hydrogen-bond donors (Lipinski definition) is 1. The summed E-state index contributed by atoms with van der Waals surface area (Å²) in [7, 11) is 3.32. The van der Waals surface area contributed by atoms with Crippen LogP contribution in [-0.2, 0) is 6.54 Å². The molecular formula is C15H16N2O4. The van der Waals surface area contributed by atoms with E-state index >= 15 is 0 Å². The first-order chi connectivity index (χ1) is 10.2. The second-order valence-electron chi connectivity index (χ2n) is 4.33. The number of nitrogens with zero attached hydrogens (tertiary/aromatic N) is 1. The van der Waals surface area contributed by atoms with Crippen LogP contribution in [-0.4, -0.2) is 19.1 Å². The molecule has 2 aromatic carbocycles. The highest BCUT2D eigenvalue weighted by atomic mass is 16.6. The third-order valence-corrected chi connectivity index (χ3v) is 2.92. The Morgan fingerprint density at radius 2 is 1.95 bits per heavy atom. The minimum Gasteiger partial charge on any atom is -0.497 e. The van der Waals surface area contributed by atoms with Gasteiger partial charge in [0.15, 0.2) is 0 Å². The summed E-state index contributed by atoms with van der Waals surface area (Å²) in [6.45, 7) is 0.605. The Kier molecular flexibility index (Phi) is 4.73. The molecule has 0 saturated heterocycles. The van der Waals surface area contributed by atoms with Gasteiger partial charge in [-0.2, -0.15) is 0 Å². The van der Waals surface area contributed by atoms with Gasteiger partial charge in [-0.3, -0.25) is 10.1 Å². The van der Waals surface area contributed by atoms with Crippen LogP contribution in [0, 0.1) is 10.1 Å². The second-order valence-corrected chi connectivity index (χ2v) is 4.33. The van der Waals surface area contributed by atoms with E-state index in [-0.39, 0.29) is 11.4 Å². The predicted octanol–water partition coefficient (Wildman–Crippen LogP) is 3.12. The summed E-state index contributed by atoms with van der Waals surface area (Å²) in [5, 5.41) is 14.1. The Bertz CT molecular complexity index is 643. The Morgan fingerprint density at radius 1 is 1.19 bits per heavy atom. The van der Waals surface area contributed by atoms with Crippen LogP contribution in [0.1, 0.15) is 5.56 Å². The maximum Gasteiger partial charge on any atom is 0.311 e. The fourth-order valence-corrected chi connectivity index (χ4v) is 1.91. The van der Waals surface area contributed by atoms with Crippen LogP contribution in [0.2, 0.25) is 0 Å². The zero-order chi connectivity index (χ0) is 15.2. The molecular weight excluding hydrogens is 272 g/mol. The van der Waals surface area contributed by atoms with Gasteiger partial charge in [0.1, 0.15) is 11.5 Å². The zero-order valence-electron chi connectivity index (χ0n) is 11.8. The first-order valence-electron chi connectivity index (χ1n) is 6.38. The molecule has 0 aliphatic rings.